The second kappa shape index (κ2) is 5.38. The zero-order valence-corrected chi connectivity index (χ0v) is 11.7. The van der Waals surface area contributed by atoms with Crippen molar-refractivity contribution in [3.63, 3.8) is 0 Å². The topological polar surface area (TPSA) is 82.2 Å². The van der Waals surface area contributed by atoms with Gasteiger partial charge in [-0.2, -0.15) is 0 Å². The Bertz CT molecular complexity index is 692. The molecule has 0 aliphatic heterocycles. The van der Waals surface area contributed by atoms with Crippen molar-refractivity contribution in [2.75, 3.05) is 5.32 Å². The molecule has 0 atom stereocenters. The van der Waals surface area contributed by atoms with Crippen molar-refractivity contribution in [2.24, 2.45) is 0 Å². The number of aromatic carboxylic acids is 1. The van der Waals surface area contributed by atoms with Crippen molar-refractivity contribution < 1.29 is 14.7 Å². The van der Waals surface area contributed by atoms with E-state index in [1.165, 1.54) is 6.20 Å². The molecule has 3 N–H and O–H groups in total. The molecule has 0 aliphatic rings. The van der Waals surface area contributed by atoms with E-state index in [-0.39, 0.29) is 11.3 Å². The Morgan fingerprint density at radius 1 is 1.30 bits per heavy atom. The molecule has 0 bridgehead atoms. The van der Waals surface area contributed by atoms with Gasteiger partial charge < -0.3 is 15.4 Å². The van der Waals surface area contributed by atoms with Gasteiger partial charge in [0.1, 0.15) is 5.56 Å². The summed E-state index contributed by atoms with van der Waals surface area (Å²) in [7, 11) is 0. The van der Waals surface area contributed by atoms with E-state index in [9.17, 15) is 9.59 Å². The van der Waals surface area contributed by atoms with E-state index in [1.54, 1.807) is 32.0 Å². The van der Waals surface area contributed by atoms with E-state index in [4.69, 9.17) is 16.7 Å². The number of H-pyrrole nitrogens is 1. The predicted molar refractivity (Wildman–Crippen MR) is 76.6 cm³/mol. The van der Waals surface area contributed by atoms with Crippen LogP contribution in [0.15, 0.2) is 24.4 Å². The smallest absolute Gasteiger partial charge is 0.339 e. The second-order valence-corrected chi connectivity index (χ2v) is 4.78. The van der Waals surface area contributed by atoms with Gasteiger partial charge in [0.05, 0.1) is 16.3 Å². The average Bonchev–Trinajstić information content (AvgIpc) is 2.73. The first-order valence-electron chi connectivity index (χ1n) is 5.89. The molecule has 0 spiro atoms. The Hall–Kier alpha value is -2.27. The molecule has 5 nitrogen and oxygen atoms in total. The Kier molecular flexibility index (Phi) is 3.81. The van der Waals surface area contributed by atoms with E-state index in [0.717, 1.165) is 5.56 Å². The number of halogens is 1. The molecule has 0 saturated carbocycles. The fraction of sp³-hybridized carbons (Fsp3) is 0.143. The van der Waals surface area contributed by atoms with Gasteiger partial charge in [-0.1, -0.05) is 23.7 Å². The van der Waals surface area contributed by atoms with Crippen LogP contribution in [0.4, 0.5) is 5.69 Å². The number of hydrogen-bond donors (Lipinski definition) is 3. The molecule has 2 aromatic rings. The third kappa shape index (κ3) is 2.53. The average molecular weight is 293 g/mol. The second-order valence-electron chi connectivity index (χ2n) is 4.40. The highest BCUT2D eigenvalue weighted by Crippen LogP contribution is 2.24. The first-order chi connectivity index (χ1) is 9.41. The molecule has 20 heavy (non-hydrogen) atoms. The third-order valence-electron chi connectivity index (χ3n) is 2.98. The molecule has 1 aromatic heterocycles. The number of amides is 1. The van der Waals surface area contributed by atoms with Crippen molar-refractivity contribution in [1.82, 2.24) is 4.98 Å². The SMILES string of the molecule is Cc1cccc(C(=O)Nc2c[nH]c(C)c2C(=O)O)c1Cl. The van der Waals surface area contributed by atoms with Gasteiger partial charge >= 0.3 is 5.97 Å². The number of aromatic amines is 1. The molecule has 0 aliphatic carbocycles. The fourth-order valence-corrected chi connectivity index (χ4v) is 2.13. The summed E-state index contributed by atoms with van der Waals surface area (Å²) in [5, 5.41) is 12.0. The molecule has 0 radical (unpaired) electrons. The van der Waals surface area contributed by atoms with E-state index >= 15 is 0 Å². The van der Waals surface area contributed by atoms with Crippen molar-refractivity contribution in [3.05, 3.63) is 51.8 Å². The molecule has 0 fully saturated rings. The largest absolute Gasteiger partial charge is 0.478 e. The number of carbonyl (C=O) groups excluding carboxylic acids is 1. The van der Waals surface area contributed by atoms with Crippen LogP contribution in [-0.2, 0) is 0 Å². The number of anilines is 1. The molecule has 6 heteroatoms. The molecule has 0 unspecified atom stereocenters. The zero-order valence-electron chi connectivity index (χ0n) is 11.0. The van der Waals surface area contributed by atoms with Gasteiger partial charge in [-0.25, -0.2) is 4.79 Å². The van der Waals surface area contributed by atoms with Gasteiger partial charge in [-0.15, -0.1) is 0 Å². The molecule has 0 saturated heterocycles. The lowest BCUT2D eigenvalue weighted by Crippen LogP contribution is -2.14. The van der Waals surface area contributed by atoms with Crippen LogP contribution in [0.3, 0.4) is 0 Å². The summed E-state index contributed by atoms with van der Waals surface area (Å²) in [5.74, 6) is -1.55. The van der Waals surface area contributed by atoms with E-state index < -0.39 is 11.9 Å². The van der Waals surface area contributed by atoms with Crippen LogP contribution in [0, 0.1) is 13.8 Å². The number of nitrogens with one attached hydrogen (secondary N) is 2. The van der Waals surface area contributed by atoms with Gasteiger partial charge in [0, 0.05) is 11.9 Å². The maximum Gasteiger partial charge on any atom is 0.339 e. The van der Waals surface area contributed by atoms with Crippen LogP contribution < -0.4 is 5.32 Å². The monoisotopic (exact) mass is 292 g/mol. The van der Waals surface area contributed by atoms with Crippen LogP contribution in [-0.4, -0.2) is 22.0 Å². The van der Waals surface area contributed by atoms with Crippen LogP contribution in [0.25, 0.3) is 0 Å². The Morgan fingerprint density at radius 2 is 2.00 bits per heavy atom. The molecular formula is C14H13ClN2O3. The van der Waals surface area contributed by atoms with Gasteiger partial charge in [-0.05, 0) is 25.5 Å². The van der Waals surface area contributed by atoms with Crippen molar-refractivity contribution >= 4 is 29.2 Å². The first-order valence-corrected chi connectivity index (χ1v) is 6.27. The summed E-state index contributed by atoms with van der Waals surface area (Å²) >= 11 is 6.08. The van der Waals surface area contributed by atoms with Crippen LogP contribution in [0.2, 0.25) is 5.02 Å². The Labute approximate surface area is 120 Å². The number of carboxylic acids is 1. The van der Waals surface area contributed by atoms with Crippen molar-refractivity contribution in [1.29, 1.82) is 0 Å². The van der Waals surface area contributed by atoms with Gasteiger partial charge in [0.2, 0.25) is 0 Å². The van der Waals surface area contributed by atoms with Gasteiger partial charge in [0.25, 0.3) is 5.91 Å². The number of benzene rings is 1. The minimum Gasteiger partial charge on any atom is -0.478 e. The predicted octanol–water partition coefficient (Wildman–Crippen LogP) is 3.24. The number of aromatic nitrogens is 1. The van der Waals surface area contributed by atoms with E-state index in [2.05, 4.69) is 10.3 Å². The molecule has 1 amide bonds. The highest BCUT2D eigenvalue weighted by Gasteiger charge is 2.19. The van der Waals surface area contributed by atoms with E-state index in [1.807, 2.05) is 0 Å². The normalized spacial score (nSPS) is 10.3. The number of carbonyl (C=O) groups is 2. The summed E-state index contributed by atoms with van der Waals surface area (Å²) in [4.78, 5) is 26.1. The Morgan fingerprint density at radius 3 is 2.65 bits per heavy atom. The number of hydrogen-bond acceptors (Lipinski definition) is 2. The number of aryl methyl sites for hydroxylation is 2. The van der Waals surface area contributed by atoms with Gasteiger partial charge in [0.15, 0.2) is 0 Å². The van der Waals surface area contributed by atoms with Gasteiger partial charge in [-0.3, -0.25) is 4.79 Å². The fourth-order valence-electron chi connectivity index (χ4n) is 1.91. The maximum absolute atomic E-state index is 12.2. The Balaban J connectivity index is 2.33. The summed E-state index contributed by atoms with van der Waals surface area (Å²) < 4.78 is 0. The third-order valence-corrected chi connectivity index (χ3v) is 3.48. The summed E-state index contributed by atoms with van der Waals surface area (Å²) in [6.07, 6.45) is 1.44. The lowest BCUT2D eigenvalue weighted by atomic mass is 10.1. The molecule has 1 aromatic carbocycles. The lowest BCUT2D eigenvalue weighted by Gasteiger charge is -2.08. The maximum atomic E-state index is 12.2. The highest BCUT2D eigenvalue weighted by molar-refractivity contribution is 6.35. The number of rotatable bonds is 3. The van der Waals surface area contributed by atoms with Crippen molar-refractivity contribution in [3.8, 4) is 0 Å². The standard InChI is InChI=1S/C14H13ClN2O3/c1-7-4-3-5-9(12(7)15)13(18)17-10-6-16-8(2)11(10)14(19)20/h3-6,16H,1-2H3,(H,17,18)(H,19,20). The minimum absolute atomic E-state index is 0.0436. The van der Waals surface area contributed by atoms with Crippen LogP contribution in [0.1, 0.15) is 32.0 Å². The van der Waals surface area contributed by atoms with E-state index in [0.29, 0.717) is 16.3 Å². The van der Waals surface area contributed by atoms with Crippen LogP contribution in [0.5, 0.6) is 0 Å². The minimum atomic E-state index is -1.10. The number of carboxylic acid groups (broad SMARTS) is 1. The summed E-state index contributed by atoms with van der Waals surface area (Å²) in [6, 6.07) is 5.10. The van der Waals surface area contributed by atoms with Crippen LogP contribution >= 0.6 is 11.6 Å². The quantitative estimate of drug-likeness (QED) is 0.812. The summed E-state index contributed by atoms with van der Waals surface area (Å²) in [6.45, 7) is 3.42. The molecule has 104 valence electrons. The summed E-state index contributed by atoms with van der Waals surface area (Å²) in [5.41, 5.74) is 1.83. The lowest BCUT2D eigenvalue weighted by molar-refractivity contribution is 0.0697. The molecular weight excluding hydrogens is 280 g/mol. The highest BCUT2D eigenvalue weighted by atomic mass is 35.5. The first kappa shape index (κ1) is 14.1. The molecule has 1 heterocycles. The van der Waals surface area contributed by atoms with Crippen molar-refractivity contribution in [2.45, 2.75) is 13.8 Å². The molecule has 2 rings (SSSR count). The zero-order chi connectivity index (χ0) is 14.9.